The van der Waals surface area contributed by atoms with Gasteiger partial charge in [-0.1, -0.05) is 23.7 Å². The Morgan fingerprint density at radius 1 is 1.21 bits per heavy atom. The van der Waals surface area contributed by atoms with E-state index in [1.54, 1.807) is 36.4 Å². The average Bonchev–Trinajstić information content (AvgIpc) is 2.55. The summed E-state index contributed by atoms with van der Waals surface area (Å²) < 4.78 is 4.93. The van der Waals surface area contributed by atoms with Crippen LogP contribution < -0.4 is 15.4 Å². The third kappa shape index (κ3) is 4.63. The van der Waals surface area contributed by atoms with E-state index in [2.05, 4.69) is 10.6 Å². The van der Waals surface area contributed by atoms with Crippen LogP contribution in [0.2, 0.25) is 5.02 Å². The van der Waals surface area contributed by atoms with Gasteiger partial charge in [-0.3, -0.25) is 9.59 Å². The first-order chi connectivity index (χ1) is 11.5. The summed E-state index contributed by atoms with van der Waals surface area (Å²) >= 11 is 5.93. The largest absolute Gasteiger partial charge is 0.504 e. The van der Waals surface area contributed by atoms with Crippen LogP contribution in [0.5, 0.6) is 11.5 Å². The highest BCUT2D eigenvalue weighted by molar-refractivity contribution is 6.33. The molecule has 2 amide bonds. The third-order valence-electron chi connectivity index (χ3n) is 3.22. The van der Waals surface area contributed by atoms with Crippen LogP contribution in [0.1, 0.15) is 16.8 Å². The number of ether oxygens (including phenoxy) is 1. The maximum Gasteiger partial charge on any atom is 0.252 e. The molecule has 0 atom stereocenters. The molecule has 0 radical (unpaired) electrons. The Balaban J connectivity index is 1.82. The van der Waals surface area contributed by atoms with Crippen LogP contribution in [0, 0.1) is 0 Å². The molecule has 0 saturated heterocycles. The van der Waals surface area contributed by atoms with Gasteiger partial charge in [0.05, 0.1) is 17.7 Å². The van der Waals surface area contributed by atoms with Crippen LogP contribution in [-0.2, 0) is 4.79 Å². The zero-order chi connectivity index (χ0) is 17.5. The van der Waals surface area contributed by atoms with Gasteiger partial charge in [0.2, 0.25) is 5.91 Å². The number of aromatic hydroxyl groups is 1. The molecule has 24 heavy (non-hydrogen) atoms. The van der Waals surface area contributed by atoms with Crippen molar-refractivity contribution in [3.8, 4) is 11.5 Å². The third-order valence-corrected chi connectivity index (χ3v) is 3.55. The van der Waals surface area contributed by atoms with Crippen molar-refractivity contribution in [3.63, 3.8) is 0 Å². The Morgan fingerprint density at radius 2 is 1.96 bits per heavy atom. The van der Waals surface area contributed by atoms with Gasteiger partial charge in [0.1, 0.15) is 0 Å². The second-order valence-electron chi connectivity index (χ2n) is 4.92. The number of phenolic OH excluding ortho intramolecular Hbond substituents is 1. The number of amides is 2. The highest BCUT2D eigenvalue weighted by Gasteiger charge is 2.10. The molecule has 0 aliphatic heterocycles. The fourth-order valence-corrected chi connectivity index (χ4v) is 2.24. The average molecular weight is 349 g/mol. The second kappa shape index (κ2) is 8.21. The number of anilines is 1. The molecule has 2 rings (SSSR count). The zero-order valence-electron chi connectivity index (χ0n) is 13.0. The minimum atomic E-state index is -0.338. The summed E-state index contributed by atoms with van der Waals surface area (Å²) in [6.07, 6.45) is 0.0863. The number of rotatable bonds is 6. The number of halogens is 1. The molecule has 2 aromatic carbocycles. The van der Waals surface area contributed by atoms with Crippen LogP contribution in [0.25, 0.3) is 0 Å². The smallest absolute Gasteiger partial charge is 0.252 e. The monoisotopic (exact) mass is 348 g/mol. The van der Waals surface area contributed by atoms with Gasteiger partial charge >= 0.3 is 0 Å². The van der Waals surface area contributed by atoms with Gasteiger partial charge < -0.3 is 20.5 Å². The van der Waals surface area contributed by atoms with E-state index in [9.17, 15) is 14.7 Å². The van der Waals surface area contributed by atoms with Crippen molar-refractivity contribution in [2.45, 2.75) is 6.42 Å². The summed E-state index contributed by atoms with van der Waals surface area (Å²) in [4.78, 5) is 23.8. The number of nitrogens with one attached hydrogen (secondary N) is 2. The molecule has 2 aromatic rings. The molecule has 3 N–H and O–H groups in total. The van der Waals surface area contributed by atoms with Crippen LogP contribution in [0.4, 0.5) is 5.69 Å². The molecule has 7 heteroatoms. The zero-order valence-corrected chi connectivity index (χ0v) is 13.8. The van der Waals surface area contributed by atoms with E-state index in [1.807, 2.05) is 0 Å². The molecule has 0 heterocycles. The minimum absolute atomic E-state index is 0.0673. The first-order valence-electron chi connectivity index (χ1n) is 7.21. The maximum absolute atomic E-state index is 11.9. The molecular formula is C17H17ClN2O4. The molecule has 0 saturated carbocycles. The van der Waals surface area contributed by atoms with Crippen LogP contribution in [-0.4, -0.2) is 30.6 Å². The van der Waals surface area contributed by atoms with E-state index >= 15 is 0 Å². The van der Waals surface area contributed by atoms with Gasteiger partial charge in [0, 0.05) is 24.7 Å². The molecule has 0 aliphatic rings. The Morgan fingerprint density at radius 3 is 2.62 bits per heavy atom. The number of carbonyl (C=O) groups excluding carboxylic acids is 2. The van der Waals surface area contributed by atoms with Gasteiger partial charge in [-0.05, 0) is 24.3 Å². The van der Waals surface area contributed by atoms with E-state index < -0.39 is 0 Å². The molecule has 0 unspecified atom stereocenters. The lowest BCUT2D eigenvalue weighted by Gasteiger charge is -2.09. The molecule has 0 spiro atoms. The summed E-state index contributed by atoms with van der Waals surface area (Å²) in [6.45, 7) is 0.165. The molecular weight excluding hydrogens is 332 g/mol. The Bertz CT molecular complexity index is 749. The fraction of sp³-hybridized carbons (Fsp3) is 0.176. The van der Waals surface area contributed by atoms with Gasteiger partial charge in [0.25, 0.3) is 5.91 Å². The summed E-state index contributed by atoms with van der Waals surface area (Å²) in [6, 6.07) is 11.2. The van der Waals surface area contributed by atoms with Gasteiger partial charge in [-0.2, -0.15) is 0 Å². The number of phenols is 1. The lowest BCUT2D eigenvalue weighted by Crippen LogP contribution is -2.27. The highest BCUT2D eigenvalue weighted by Crippen LogP contribution is 2.28. The van der Waals surface area contributed by atoms with E-state index in [4.69, 9.17) is 16.3 Å². The Labute approximate surface area is 144 Å². The first kappa shape index (κ1) is 17.6. The number of hydrogen-bond acceptors (Lipinski definition) is 4. The topological polar surface area (TPSA) is 87.7 Å². The first-order valence-corrected chi connectivity index (χ1v) is 7.58. The van der Waals surface area contributed by atoms with E-state index in [-0.39, 0.29) is 30.5 Å². The van der Waals surface area contributed by atoms with Crippen LogP contribution in [0.15, 0.2) is 42.5 Å². The highest BCUT2D eigenvalue weighted by atomic mass is 35.5. The maximum atomic E-state index is 11.9. The van der Waals surface area contributed by atoms with Crippen molar-refractivity contribution >= 4 is 29.1 Å². The predicted octanol–water partition coefficient (Wildman–Crippen LogP) is 2.81. The van der Waals surface area contributed by atoms with Crippen molar-refractivity contribution in [2.24, 2.45) is 0 Å². The molecule has 0 bridgehead atoms. The van der Waals surface area contributed by atoms with Gasteiger partial charge in [-0.15, -0.1) is 0 Å². The number of carbonyl (C=O) groups is 2. The van der Waals surface area contributed by atoms with E-state index in [1.165, 1.54) is 13.2 Å². The molecule has 0 fully saturated rings. The Kier molecular flexibility index (Phi) is 6.03. The minimum Gasteiger partial charge on any atom is -0.504 e. The molecule has 0 aliphatic carbocycles. The lowest BCUT2D eigenvalue weighted by atomic mass is 10.2. The van der Waals surface area contributed by atoms with E-state index in [0.717, 1.165) is 0 Å². The normalized spacial score (nSPS) is 10.1. The Hall–Kier alpha value is -2.73. The molecule has 126 valence electrons. The van der Waals surface area contributed by atoms with Crippen molar-refractivity contribution in [1.29, 1.82) is 0 Å². The second-order valence-corrected chi connectivity index (χ2v) is 5.33. The summed E-state index contributed by atoms with van der Waals surface area (Å²) in [5, 5.41) is 15.3. The number of methoxy groups -OCH3 is 1. The van der Waals surface area contributed by atoms with Crippen molar-refractivity contribution in [1.82, 2.24) is 5.32 Å². The molecule has 6 nitrogen and oxygen atoms in total. The van der Waals surface area contributed by atoms with Gasteiger partial charge in [0.15, 0.2) is 11.5 Å². The van der Waals surface area contributed by atoms with Crippen LogP contribution >= 0.6 is 11.6 Å². The standard InChI is InChI=1S/C17H17ClN2O4/c1-24-15-7-6-11(10-14(15)21)20-16(22)8-9-19-17(23)12-4-2-3-5-13(12)18/h2-7,10,21H,8-9H2,1H3,(H,19,23)(H,20,22). The summed E-state index contributed by atoms with van der Waals surface area (Å²) in [5.41, 5.74) is 0.801. The van der Waals surface area contributed by atoms with Crippen molar-refractivity contribution < 1.29 is 19.4 Å². The van der Waals surface area contributed by atoms with Crippen LogP contribution in [0.3, 0.4) is 0 Å². The number of hydrogen-bond donors (Lipinski definition) is 3. The van der Waals surface area contributed by atoms with Crippen molar-refractivity contribution in [2.75, 3.05) is 19.0 Å². The number of benzene rings is 2. The van der Waals surface area contributed by atoms with Gasteiger partial charge in [-0.25, -0.2) is 0 Å². The molecule has 0 aromatic heterocycles. The predicted molar refractivity (Wildman–Crippen MR) is 91.7 cm³/mol. The quantitative estimate of drug-likeness (QED) is 0.749. The van der Waals surface area contributed by atoms with E-state index in [0.29, 0.717) is 22.0 Å². The summed E-state index contributed by atoms with van der Waals surface area (Å²) in [7, 11) is 1.44. The van der Waals surface area contributed by atoms with Crippen molar-refractivity contribution in [3.05, 3.63) is 53.1 Å². The lowest BCUT2D eigenvalue weighted by molar-refractivity contribution is -0.116. The fourth-order valence-electron chi connectivity index (χ4n) is 2.02. The SMILES string of the molecule is COc1ccc(NC(=O)CCNC(=O)c2ccccc2Cl)cc1O. The summed E-state index contributed by atoms with van der Waals surface area (Å²) in [5.74, 6) is -0.378.